The fraction of sp³-hybridized carbons (Fsp3) is 0.474. The third kappa shape index (κ3) is 6.42. The third-order valence-corrected chi connectivity index (χ3v) is 2.46. The maximum atomic E-state index is 2.25. The van der Waals surface area contributed by atoms with Crippen LogP contribution in [-0.2, 0) is 0 Å². The van der Waals surface area contributed by atoms with Crippen LogP contribution >= 0.6 is 0 Å². The van der Waals surface area contributed by atoms with Crippen LogP contribution in [0.25, 0.3) is 10.8 Å². The average Bonchev–Trinajstić information content (AvgIpc) is 2.46. The summed E-state index contributed by atoms with van der Waals surface area (Å²) in [5, 5.41) is 2.73. The first-order valence-electron chi connectivity index (χ1n) is 7.64. The molecule has 0 N–H and O–H groups in total. The van der Waals surface area contributed by atoms with Gasteiger partial charge in [0, 0.05) is 0 Å². The molecule has 108 valence electrons. The van der Waals surface area contributed by atoms with Crippen LogP contribution in [0.5, 0.6) is 0 Å². The van der Waals surface area contributed by atoms with Crippen molar-refractivity contribution in [2.45, 2.75) is 62.3 Å². The molecule has 2 rings (SSSR count). The first-order valence-corrected chi connectivity index (χ1v) is 7.64. The maximum absolute atomic E-state index is 2.25. The van der Waals surface area contributed by atoms with Gasteiger partial charge in [-0.05, 0) is 37.1 Å². The molecular formula is C19H32. The van der Waals surface area contributed by atoms with Gasteiger partial charge in [-0.3, -0.25) is 0 Å². The summed E-state index contributed by atoms with van der Waals surface area (Å²) in [7, 11) is 0. The van der Waals surface area contributed by atoms with E-state index in [-0.39, 0.29) is 0 Å². The molecule has 2 aromatic carbocycles. The lowest BCUT2D eigenvalue weighted by molar-refractivity contribution is 1.41. The van der Waals surface area contributed by atoms with Crippen LogP contribution in [0, 0.1) is 20.8 Å². The Morgan fingerprint density at radius 2 is 1.11 bits per heavy atom. The second-order valence-electron chi connectivity index (χ2n) is 3.81. The number of aryl methyl sites for hydroxylation is 3. The van der Waals surface area contributed by atoms with Gasteiger partial charge >= 0.3 is 0 Å². The minimum absolute atomic E-state index is 1.33. The van der Waals surface area contributed by atoms with Crippen molar-refractivity contribution in [2.75, 3.05) is 0 Å². The van der Waals surface area contributed by atoms with Crippen LogP contribution in [0.15, 0.2) is 30.3 Å². The van der Waals surface area contributed by atoms with Crippen LogP contribution in [0.4, 0.5) is 0 Å². The van der Waals surface area contributed by atoms with Crippen molar-refractivity contribution in [3.63, 3.8) is 0 Å². The molecule has 0 saturated heterocycles. The lowest BCUT2D eigenvalue weighted by Gasteiger charge is -2.04. The molecule has 19 heavy (non-hydrogen) atoms. The van der Waals surface area contributed by atoms with Crippen molar-refractivity contribution in [3.8, 4) is 0 Å². The molecule has 0 aliphatic carbocycles. The van der Waals surface area contributed by atoms with Crippen molar-refractivity contribution in [1.82, 2.24) is 0 Å². The first kappa shape index (κ1) is 20.0. The SMILES string of the molecule is CC.CC.CC.Cc1cc(C)c2cc(C)ccc2c1. The van der Waals surface area contributed by atoms with E-state index in [2.05, 4.69) is 51.1 Å². The van der Waals surface area contributed by atoms with Gasteiger partial charge in [-0.1, -0.05) is 83.0 Å². The van der Waals surface area contributed by atoms with Crippen LogP contribution in [0.1, 0.15) is 58.2 Å². The number of fused-ring (bicyclic) bond motifs is 1. The van der Waals surface area contributed by atoms with E-state index in [1.165, 1.54) is 27.5 Å². The van der Waals surface area contributed by atoms with E-state index in [1.807, 2.05) is 41.5 Å². The van der Waals surface area contributed by atoms with Crippen molar-refractivity contribution < 1.29 is 0 Å². The van der Waals surface area contributed by atoms with E-state index in [1.54, 1.807) is 0 Å². The quantitative estimate of drug-likeness (QED) is 0.486. The molecule has 0 aliphatic heterocycles. The summed E-state index contributed by atoms with van der Waals surface area (Å²) in [6.45, 7) is 18.5. The summed E-state index contributed by atoms with van der Waals surface area (Å²) < 4.78 is 0. The fourth-order valence-corrected chi connectivity index (χ4v) is 1.84. The zero-order valence-corrected chi connectivity index (χ0v) is 14.4. The smallest absolute Gasteiger partial charge is 0.0152 e. The highest BCUT2D eigenvalue weighted by molar-refractivity contribution is 5.86. The van der Waals surface area contributed by atoms with Gasteiger partial charge in [-0.15, -0.1) is 0 Å². The van der Waals surface area contributed by atoms with E-state index in [0.29, 0.717) is 0 Å². The predicted molar refractivity (Wildman–Crippen MR) is 92.2 cm³/mol. The van der Waals surface area contributed by atoms with Gasteiger partial charge in [0.2, 0.25) is 0 Å². The van der Waals surface area contributed by atoms with Crippen LogP contribution in [0.2, 0.25) is 0 Å². The monoisotopic (exact) mass is 260 g/mol. The second kappa shape index (κ2) is 11.8. The third-order valence-electron chi connectivity index (χ3n) is 2.46. The minimum atomic E-state index is 1.33. The molecular weight excluding hydrogens is 228 g/mol. The molecule has 0 radical (unpaired) electrons. The normalized spacial score (nSPS) is 8.26. The van der Waals surface area contributed by atoms with E-state index in [0.717, 1.165) is 0 Å². The molecule has 0 amide bonds. The number of hydrogen-bond acceptors (Lipinski definition) is 0. The topological polar surface area (TPSA) is 0 Å². The lowest BCUT2D eigenvalue weighted by atomic mass is 10.0. The van der Waals surface area contributed by atoms with Crippen molar-refractivity contribution in [3.05, 3.63) is 47.0 Å². The molecule has 2 aromatic rings. The van der Waals surface area contributed by atoms with Gasteiger partial charge < -0.3 is 0 Å². The summed E-state index contributed by atoms with van der Waals surface area (Å²) in [4.78, 5) is 0. The van der Waals surface area contributed by atoms with E-state index in [9.17, 15) is 0 Å². The maximum Gasteiger partial charge on any atom is -0.0152 e. The Morgan fingerprint density at radius 1 is 0.579 bits per heavy atom. The van der Waals surface area contributed by atoms with Crippen LogP contribution in [-0.4, -0.2) is 0 Å². The van der Waals surface area contributed by atoms with Crippen molar-refractivity contribution in [1.29, 1.82) is 0 Å². The van der Waals surface area contributed by atoms with Gasteiger partial charge in [0.15, 0.2) is 0 Å². The molecule has 0 saturated carbocycles. The summed E-state index contributed by atoms with van der Waals surface area (Å²) >= 11 is 0. The van der Waals surface area contributed by atoms with Gasteiger partial charge in [0.25, 0.3) is 0 Å². The van der Waals surface area contributed by atoms with Gasteiger partial charge in [0.1, 0.15) is 0 Å². The van der Waals surface area contributed by atoms with Crippen LogP contribution < -0.4 is 0 Å². The van der Waals surface area contributed by atoms with Crippen LogP contribution in [0.3, 0.4) is 0 Å². The van der Waals surface area contributed by atoms with E-state index < -0.39 is 0 Å². The van der Waals surface area contributed by atoms with Gasteiger partial charge in [-0.2, -0.15) is 0 Å². The minimum Gasteiger partial charge on any atom is -0.0683 e. The number of hydrogen-bond donors (Lipinski definition) is 0. The molecule has 0 atom stereocenters. The molecule has 0 heteroatoms. The highest BCUT2D eigenvalue weighted by Gasteiger charge is 1.98. The van der Waals surface area contributed by atoms with E-state index >= 15 is 0 Å². The zero-order valence-electron chi connectivity index (χ0n) is 14.4. The van der Waals surface area contributed by atoms with Crippen molar-refractivity contribution >= 4 is 10.8 Å². The van der Waals surface area contributed by atoms with Gasteiger partial charge in [-0.25, -0.2) is 0 Å². The molecule has 0 aromatic heterocycles. The Balaban J connectivity index is 0. The molecule has 0 bridgehead atoms. The summed E-state index contributed by atoms with van der Waals surface area (Å²) in [5.74, 6) is 0. The average molecular weight is 260 g/mol. The molecule has 0 nitrogen and oxygen atoms in total. The first-order chi connectivity index (χ1) is 9.16. The predicted octanol–water partition coefficient (Wildman–Crippen LogP) is 6.84. The highest BCUT2D eigenvalue weighted by atomic mass is 14.0. The standard InChI is InChI=1S/C13H14.3C2H6/c1-9-4-5-12-7-10(2)6-11(3)13(12)8-9;3*1-2/h4-8H,1-3H3;3*1-2H3. The Bertz CT molecular complexity index is 453. The molecule has 0 heterocycles. The molecule has 0 unspecified atom stereocenters. The highest BCUT2D eigenvalue weighted by Crippen LogP contribution is 2.21. The second-order valence-corrected chi connectivity index (χ2v) is 3.81. The summed E-state index contributed by atoms with van der Waals surface area (Å²) in [6.07, 6.45) is 0. The lowest BCUT2D eigenvalue weighted by Crippen LogP contribution is -1.82. The largest absolute Gasteiger partial charge is 0.0683 e. The molecule has 0 spiro atoms. The van der Waals surface area contributed by atoms with Gasteiger partial charge in [0.05, 0.1) is 0 Å². The molecule has 0 aliphatic rings. The summed E-state index contributed by atoms with van der Waals surface area (Å²) in [6, 6.07) is 11.1. The Kier molecular flexibility index (Phi) is 12.4. The van der Waals surface area contributed by atoms with E-state index in [4.69, 9.17) is 0 Å². The van der Waals surface area contributed by atoms with Crippen molar-refractivity contribution in [2.24, 2.45) is 0 Å². The zero-order chi connectivity index (χ0) is 15.4. The Labute approximate surface area is 120 Å². The Morgan fingerprint density at radius 3 is 1.63 bits per heavy atom. The number of rotatable bonds is 0. The molecule has 0 fully saturated rings. The Hall–Kier alpha value is -1.30. The fourth-order valence-electron chi connectivity index (χ4n) is 1.84. The number of benzene rings is 2. The summed E-state index contributed by atoms with van der Waals surface area (Å²) in [5.41, 5.74) is 4.05.